The number of hydrogen-bond donors (Lipinski definition) is 2. The standard InChI is InChI=1S/C9H13N3O3S/c1-10-9(13)7-3-4-11-8(5-7)6-12-16(2,14)15/h3-5,12H,6H2,1-2H3,(H,10,13). The molecule has 0 bridgehead atoms. The topological polar surface area (TPSA) is 88.2 Å². The monoisotopic (exact) mass is 243 g/mol. The second-order valence-electron chi connectivity index (χ2n) is 3.21. The van der Waals surface area contributed by atoms with Gasteiger partial charge in [-0.25, -0.2) is 13.1 Å². The molecule has 0 unspecified atom stereocenters. The molecule has 0 spiro atoms. The van der Waals surface area contributed by atoms with Crippen LogP contribution in [0.15, 0.2) is 18.3 Å². The number of carbonyl (C=O) groups excluding carboxylic acids is 1. The summed E-state index contributed by atoms with van der Waals surface area (Å²) >= 11 is 0. The number of amides is 1. The van der Waals surface area contributed by atoms with Crippen LogP contribution in [0.3, 0.4) is 0 Å². The molecule has 0 fully saturated rings. The Hall–Kier alpha value is -1.47. The van der Waals surface area contributed by atoms with Gasteiger partial charge in [0.25, 0.3) is 5.91 Å². The molecule has 88 valence electrons. The Labute approximate surface area is 94.1 Å². The van der Waals surface area contributed by atoms with Crippen molar-refractivity contribution in [3.63, 3.8) is 0 Å². The first-order valence-corrected chi connectivity index (χ1v) is 6.43. The van der Waals surface area contributed by atoms with Crippen LogP contribution in [0.5, 0.6) is 0 Å². The summed E-state index contributed by atoms with van der Waals surface area (Å²) in [6.45, 7) is 0.0731. The van der Waals surface area contributed by atoms with E-state index in [1.807, 2.05) is 0 Å². The molecule has 0 aliphatic rings. The van der Waals surface area contributed by atoms with Gasteiger partial charge in [-0.2, -0.15) is 0 Å². The summed E-state index contributed by atoms with van der Waals surface area (Å²) in [5.74, 6) is -0.233. The average molecular weight is 243 g/mol. The van der Waals surface area contributed by atoms with E-state index in [2.05, 4.69) is 15.0 Å². The lowest BCUT2D eigenvalue weighted by Gasteiger charge is -2.04. The van der Waals surface area contributed by atoms with Gasteiger partial charge >= 0.3 is 0 Å². The first kappa shape index (κ1) is 12.6. The highest BCUT2D eigenvalue weighted by Crippen LogP contribution is 2.01. The van der Waals surface area contributed by atoms with Crippen molar-refractivity contribution in [1.29, 1.82) is 0 Å². The Morgan fingerprint density at radius 3 is 2.75 bits per heavy atom. The molecule has 0 aliphatic heterocycles. The fourth-order valence-corrected chi connectivity index (χ4v) is 1.48. The minimum Gasteiger partial charge on any atom is -0.355 e. The summed E-state index contributed by atoms with van der Waals surface area (Å²) in [5, 5.41) is 2.48. The van der Waals surface area contributed by atoms with Gasteiger partial charge in [-0.15, -0.1) is 0 Å². The fourth-order valence-electron chi connectivity index (χ4n) is 1.07. The second kappa shape index (κ2) is 5.04. The quantitative estimate of drug-likeness (QED) is 0.745. The molecule has 2 N–H and O–H groups in total. The number of nitrogens with zero attached hydrogens (tertiary/aromatic N) is 1. The van der Waals surface area contributed by atoms with E-state index in [0.29, 0.717) is 11.3 Å². The summed E-state index contributed by atoms with van der Waals surface area (Å²) < 4.78 is 24.0. The Balaban J connectivity index is 2.79. The molecule has 1 aromatic heterocycles. The zero-order valence-electron chi connectivity index (χ0n) is 9.02. The van der Waals surface area contributed by atoms with E-state index in [1.54, 1.807) is 6.07 Å². The zero-order chi connectivity index (χ0) is 12.2. The van der Waals surface area contributed by atoms with E-state index in [0.717, 1.165) is 6.26 Å². The normalized spacial score (nSPS) is 11.1. The largest absolute Gasteiger partial charge is 0.355 e. The smallest absolute Gasteiger partial charge is 0.251 e. The lowest BCUT2D eigenvalue weighted by atomic mass is 10.2. The second-order valence-corrected chi connectivity index (χ2v) is 5.04. The first-order chi connectivity index (χ1) is 7.42. The minimum absolute atomic E-state index is 0.0731. The van der Waals surface area contributed by atoms with Gasteiger partial charge in [-0.05, 0) is 12.1 Å². The third kappa shape index (κ3) is 3.95. The van der Waals surface area contributed by atoms with Crippen molar-refractivity contribution in [1.82, 2.24) is 15.0 Å². The van der Waals surface area contributed by atoms with Crippen molar-refractivity contribution in [2.75, 3.05) is 13.3 Å². The van der Waals surface area contributed by atoms with Crippen LogP contribution in [0.1, 0.15) is 16.1 Å². The van der Waals surface area contributed by atoms with Gasteiger partial charge < -0.3 is 5.32 Å². The molecular weight excluding hydrogens is 230 g/mol. The highest BCUT2D eigenvalue weighted by atomic mass is 32.2. The maximum atomic E-state index is 11.3. The summed E-state index contributed by atoms with van der Waals surface area (Å²) in [4.78, 5) is 15.2. The van der Waals surface area contributed by atoms with E-state index < -0.39 is 10.0 Å². The van der Waals surface area contributed by atoms with Crippen LogP contribution >= 0.6 is 0 Å². The van der Waals surface area contributed by atoms with Gasteiger partial charge in [0.2, 0.25) is 10.0 Å². The molecule has 0 radical (unpaired) electrons. The van der Waals surface area contributed by atoms with Crippen LogP contribution in [-0.4, -0.2) is 32.6 Å². The molecule has 1 amide bonds. The Morgan fingerprint density at radius 1 is 1.50 bits per heavy atom. The number of sulfonamides is 1. The lowest BCUT2D eigenvalue weighted by Crippen LogP contribution is -2.22. The molecule has 1 heterocycles. The molecule has 0 saturated heterocycles. The van der Waals surface area contributed by atoms with Crippen molar-refractivity contribution in [3.8, 4) is 0 Å². The number of rotatable bonds is 4. The SMILES string of the molecule is CNC(=O)c1ccnc(CNS(C)(=O)=O)c1. The predicted molar refractivity (Wildman–Crippen MR) is 59.3 cm³/mol. The van der Waals surface area contributed by atoms with Crippen molar-refractivity contribution < 1.29 is 13.2 Å². The molecule has 0 aliphatic carbocycles. The molecular formula is C9H13N3O3S. The zero-order valence-corrected chi connectivity index (χ0v) is 9.84. The summed E-state index contributed by atoms with van der Waals surface area (Å²) in [6.07, 6.45) is 2.53. The number of carbonyl (C=O) groups is 1. The average Bonchev–Trinajstić information content (AvgIpc) is 2.25. The molecule has 0 saturated carbocycles. The minimum atomic E-state index is -3.25. The van der Waals surface area contributed by atoms with Crippen LogP contribution in [-0.2, 0) is 16.6 Å². The van der Waals surface area contributed by atoms with E-state index in [-0.39, 0.29) is 12.5 Å². The summed E-state index contributed by atoms with van der Waals surface area (Å²) in [6, 6.07) is 3.10. The highest BCUT2D eigenvalue weighted by Gasteiger charge is 2.06. The predicted octanol–water partition coefficient (Wildman–Crippen LogP) is -0.510. The van der Waals surface area contributed by atoms with Gasteiger partial charge in [-0.1, -0.05) is 0 Å². The maximum absolute atomic E-state index is 11.3. The fraction of sp³-hybridized carbons (Fsp3) is 0.333. The van der Waals surface area contributed by atoms with Crippen LogP contribution in [0.4, 0.5) is 0 Å². The van der Waals surface area contributed by atoms with Gasteiger partial charge in [-0.3, -0.25) is 9.78 Å². The maximum Gasteiger partial charge on any atom is 0.251 e. The molecule has 7 heteroatoms. The summed E-state index contributed by atoms with van der Waals surface area (Å²) in [5.41, 5.74) is 0.939. The van der Waals surface area contributed by atoms with Crippen LogP contribution < -0.4 is 10.0 Å². The van der Waals surface area contributed by atoms with Crippen LogP contribution in [0, 0.1) is 0 Å². The first-order valence-electron chi connectivity index (χ1n) is 4.54. The molecule has 1 aromatic rings. The number of hydrogen-bond acceptors (Lipinski definition) is 4. The molecule has 0 atom stereocenters. The van der Waals surface area contributed by atoms with Gasteiger partial charge in [0.15, 0.2) is 0 Å². The molecule has 1 rings (SSSR count). The number of aromatic nitrogens is 1. The number of nitrogens with one attached hydrogen (secondary N) is 2. The van der Waals surface area contributed by atoms with Crippen molar-refractivity contribution >= 4 is 15.9 Å². The molecule has 16 heavy (non-hydrogen) atoms. The lowest BCUT2D eigenvalue weighted by molar-refractivity contribution is 0.0963. The van der Waals surface area contributed by atoms with Crippen molar-refractivity contribution in [3.05, 3.63) is 29.6 Å². The van der Waals surface area contributed by atoms with E-state index >= 15 is 0 Å². The van der Waals surface area contributed by atoms with Crippen LogP contribution in [0.25, 0.3) is 0 Å². The Kier molecular flexibility index (Phi) is 3.97. The van der Waals surface area contributed by atoms with Gasteiger partial charge in [0, 0.05) is 18.8 Å². The van der Waals surface area contributed by atoms with E-state index in [4.69, 9.17) is 0 Å². The Bertz CT molecular complexity index is 485. The third-order valence-electron chi connectivity index (χ3n) is 1.82. The van der Waals surface area contributed by atoms with E-state index in [9.17, 15) is 13.2 Å². The van der Waals surface area contributed by atoms with Crippen LogP contribution in [0.2, 0.25) is 0 Å². The Morgan fingerprint density at radius 2 is 2.19 bits per heavy atom. The van der Waals surface area contributed by atoms with Crippen molar-refractivity contribution in [2.24, 2.45) is 0 Å². The summed E-state index contributed by atoms with van der Waals surface area (Å²) in [7, 11) is -1.73. The highest BCUT2D eigenvalue weighted by molar-refractivity contribution is 7.88. The molecule has 6 nitrogen and oxygen atoms in total. The molecule has 0 aromatic carbocycles. The van der Waals surface area contributed by atoms with Gasteiger partial charge in [0.05, 0.1) is 18.5 Å². The van der Waals surface area contributed by atoms with Gasteiger partial charge in [0.1, 0.15) is 0 Å². The van der Waals surface area contributed by atoms with E-state index in [1.165, 1.54) is 19.3 Å². The van der Waals surface area contributed by atoms with Crippen molar-refractivity contribution in [2.45, 2.75) is 6.54 Å². The number of pyridine rings is 1. The third-order valence-corrected chi connectivity index (χ3v) is 2.49.